The van der Waals surface area contributed by atoms with Crippen LogP contribution in [0.15, 0.2) is 36.7 Å². The molecule has 3 aromatic heterocycles. The third-order valence-corrected chi connectivity index (χ3v) is 10.1. The number of aromatic amines is 1. The van der Waals surface area contributed by atoms with Crippen LogP contribution in [-0.2, 0) is 15.7 Å². The molecule has 2 N–H and O–H groups in total. The quantitative estimate of drug-likeness (QED) is 0.174. The van der Waals surface area contributed by atoms with E-state index in [0.29, 0.717) is 67.7 Å². The number of halogens is 4. The van der Waals surface area contributed by atoms with Crippen molar-refractivity contribution >= 4 is 28.6 Å². The fraction of sp³-hybridized carbons (Fsp3) is 0.514. The number of ether oxygens (including phenoxy) is 1. The molecule has 11 nitrogen and oxygen atoms in total. The van der Waals surface area contributed by atoms with Crippen LogP contribution in [0.3, 0.4) is 0 Å². The molecule has 2 aliphatic rings. The van der Waals surface area contributed by atoms with Crippen LogP contribution in [0.25, 0.3) is 33.9 Å². The summed E-state index contributed by atoms with van der Waals surface area (Å²) >= 11 is 0. The highest BCUT2D eigenvalue weighted by molar-refractivity contribution is 5.91. The molecule has 0 amide bonds. The molecular weight excluding hydrogens is 656 g/mol. The largest absolute Gasteiger partial charge is 0.480 e. The Hall–Kier alpha value is -4.37. The van der Waals surface area contributed by atoms with E-state index in [0.717, 1.165) is 37.8 Å². The summed E-state index contributed by atoms with van der Waals surface area (Å²) in [6.07, 6.45) is 3.06. The van der Waals surface area contributed by atoms with E-state index in [1.165, 1.54) is 6.07 Å². The van der Waals surface area contributed by atoms with Crippen molar-refractivity contribution in [3.63, 3.8) is 0 Å². The lowest BCUT2D eigenvalue weighted by atomic mass is 9.86. The molecule has 0 bridgehead atoms. The van der Waals surface area contributed by atoms with Gasteiger partial charge in [0.05, 0.1) is 35.9 Å². The number of pyridine rings is 1. The summed E-state index contributed by atoms with van der Waals surface area (Å²) in [6.45, 7) is 6.86. The molecule has 1 saturated heterocycles. The van der Waals surface area contributed by atoms with E-state index in [1.807, 2.05) is 25.8 Å². The van der Waals surface area contributed by atoms with Crippen LogP contribution in [0.2, 0.25) is 0 Å². The number of H-pyrrole nitrogens is 1. The number of alkyl halides is 3. The number of hydrogen-bond acceptors (Lipinski definition) is 9. The molecule has 50 heavy (non-hydrogen) atoms. The molecule has 1 aliphatic heterocycles. The summed E-state index contributed by atoms with van der Waals surface area (Å²) in [4.78, 5) is 39.8. The second kappa shape index (κ2) is 14.1. The van der Waals surface area contributed by atoms with Gasteiger partial charge < -0.3 is 24.6 Å². The fourth-order valence-corrected chi connectivity index (χ4v) is 7.60. The van der Waals surface area contributed by atoms with Crippen molar-refractivity contribution in [3.05, 3.63) is 48.0 Å². The van der Waals surface area contributed by atoms with E-state index >= 15 is 0 Å². The van der Waals surface area contributed by atoms with E-state index in [1.54, 1.807) is 25.6 Å². The lowest BCUT2D eigenvalue weighted by molar-refractivity contribution is -0.144. The molecule has 4 heterocycles. The number of anilines is 2. The minimum atomic E-state index is -4.87. The van der Waals surface area contributed by atoms with Crippen molar-refractivity contribution < 1.29 is 32.2 Å². The molecular formula is C35H42F4N8O3. The predicted octanol–water partition coefficient (Wildman–Crippen LogP) is 6.26. The zero-order chi connectivity index (χ0) is 35.8. The highest BCUT2D eigenvalue weighted by Gasteiger charge is 2.37. The number of carboxylic acid groups (broad SMARTS) is 1. The number of carbonyl (C=O) groups is 1. The third kappa shape index (κ3) is 7.11. The van der Waals surface area contributed by atoms with E-state index in [-0.39, 0.29) is 28.4 Å². The zero-order valence-electron chi connectivity index (χ0n) is 28.6. The van der Waals surface area contributed by atoms with Crippen molar-refractivity contribution in [2.24, 2.45) is 5.41 Å². The van der Waals surface area contributed by atoms with Crippen LogP contribution in [0.1, 0.15) is 51.5 Å². The number of fused-ring (bicyclic) bond motifs is 1. The van der Waals surface area contributed by atoms with Crippen LogP contribution < -0.4 is 9.80 Å². The Morgan fingerprint density at radius 3 is 2.52 bits per heavy atom. The van der Waals surface area contributed by atoms with Gasteiger partial charge in [0.25, 0.3) is 0 Å². The van der Waals surface area contributed by atoms with Gasteiger partial charge in [-0.3, -0.25) is 9.69 Å². The number of imidazole rings is 1. The summed E-state index contributed by atoms with van der Waals surface area (Å²) < 4.78 is 60.8. The van der Waals surface area contributed by atoms with Gasteiger partial charge in [-0.05, 0) is 50.5 Å². The lowest BCUT2D eigenvalue weighted by Crippen LogP contribution is -2.56. The van der Waals surface area contributed by atoms with Gasteiger partial charge in [0.15, 0.2) is 11.5 Å². The Bertz CT molecular complexity index is 1830. The first-order chi connectivity index (χ1) is 23.8. The van der Waals surface area contributed by atoms with Crippen LogP contribution in [0, 0.1) is 11.2 Å². The maximum atomic E-state index is 14.2. The van der Waals surface area contributed by atoms with Gasteiger partial charge in [-0.25, -0.2) is 24.3 Å². The van der Waals surface area contributed by atoms with E-state index in [4.69, 9.17) is 9.72 Å². The Morgan fingerprint density at radius 2 is 1.90 bits per heavy atom. The summed E-state index contributed by atoms with van der Waals surface area (Å²) in [6, 6.07) is 4.05. The first-order valence-electron chi connectivity index (χ1n) is 16.9. The van der Waals surface area contributed by atoms with E-state index in [9.17, 15) is 27.5 Å². The lowest BCUT2D eigenvalue weighted by Gasteiger charge is -2.42. The number of hydrogen-bond donors (Lipinski definition) is 2. The van der Waals surface area contributed by atoms with E-state index < -0.39 is 29.6 Å². The van der Waals surface area contributed by atoms with Crippen molar-refractivity contribution in [2.45, 2.75) is 64.2 Å². The molecule has 2 atom stereocenters. The Balaban J connectivity index is 1.34. The minimum Gasteiger partial charge on any atom is -0.480 e. The number of methoxy groups -OCH3 is 1. The molecule has 1 unspecified atom stereocenters. The van der Waals surface area contributed by atoms with Crippen molar-refractivity contribution in [2.75, 3.05) is 56.7 Å². The molecule has 1 aliphatic carbocycles. The highest BCUT2D eigenvalue weighted by Crippen LogP contribution is 2.41. The zero-order valence-corrected chi connectivity index (χ0v) is 28.6. The number of rotatable bonds is 11. The normalized spacial score (nSPS) is 18.9. The van der Waals surface area contributed by atoms with Gasteiger partial charge in [-0.2, -0.15) is 13.2 Å². The smallest absolute Gasteiger partial charge is 0.419 e. The monoisotopic (exact) mass is 698 g/mol. The summed E-state index contributed by atoms with van der Waals surface area (Å²) in [5.41, 5.74) is 0.842. The van der Waals surface area contributed by atoms with Gasteiger partial charge in [0.2, 0.25) is 0 Å². The second-order valence-corrected chi connectivity index (χ2v) is 13.6. The fourth-order valence-electron chi connectivity index (χ4n) is 7.60. The van der Waals surface area contributed by atoms with Crippen LogP contribution >= 0.6 is 0 Å². The Kier molecular flexibility index (Phi) is 10.00. The molecule has 15 heteroatoms. The van der Waals surface area contributed by atoms with Gasteiger partial charge >= 0.3 is 12.1 Å². The number of nitrogens with zero attached hydrogens (tertiary/aromatic N) is 7. The molecule has 268 valence electrons. The Morgan fingerprint density at radius 1 is 1.14 bits per heavy atom. The molecule has 6 rings (SSSR count). The first kappa shape index (κ1) is 35.5. The molecule has 0 radical (unpaired) electrons. The van der Waals surface area contributed by atoms with Gasteiger partial charge in [0, 0.05) is 57.4 Å². The maximum absolute atomic E-state index is 14.2. The average molecular weight is 699 g/mol. The number of aliphatic carboxylic acids is 1. The van der Waals surface area contributed by atoms with E-state index in [2.05, 4.69) is 29.7 Å². The molecule has 0 spiro atoms. The van der Waals surface area contributed by atoms with Crippen molar-refractivity contribution in [1.82, 2.24) is 29.8 Å². The number of benzene rings is 1. The summed E-state index contributed by atoms with van der Waals surface area (Å²) in [7, 11) is 3.61. The molecule has 1 saturated carbocycles. The molecule has 4 aromatic rings. The van der Waals surface area contributed by atoms with Gasteiger partial charge in [0.1, 0.15) is 28.9 Å². The summed E-state index contributed by atoms with van der Waals surface area (Å²) in [5, 5.41) is 9.60. The number of aromatic nitrogens is 5. The topological polar surface area (TPSA) is 124 Å². The van der Waals surface area contributed by atoms with Gasteiger partial charge in [-0.15, -0.1) is 0 Å². The predicted molar refractivity (Wildman–Crippen MR) is 181 cm³/mol. The Labute approximate surface area is 287 Å². The van der Waals surface area contributed by atoms with Crippen molar-refractivity contribution in [3.8, 4) is 22.8 Å². The summed E-state index contributed by atoms with van der Waals surface area (Å²) in [5.74, 6) is -1.15. The van der Waals surface area contributed by atoms with Gasteiger partial charge in [-0.1, -0.05) is 19.8 Å². The van der Waals surface area contributed by atoms with Crippen LogP contribution in [0.4, 0.5) is 29.1 Å². The molecule has 1 aromatic carbocycles. The van der Waals surface area contributed by atoms with Crippen LogP contribution in [-0.4, -0.2) is 99.9 Å². The minimum absolute atomic E-state index is 0.00908. The third-order valence-electron chi connectivity index (χ3n) is 10.1. The highest BCUT2D eigenvalue weighted by atomic mass is 19.4. The average Bonchev–Trinajstić information content (AvgIpc) is 3.72. The number of nitrogens with one attached hydrogen (secondary N) is 1. The molecule has 2 fully saturated rings. The van der Waals surface area contributed by atoms with Crippen molar-refractivity contribution in [1.29, 1.82) is 0 Å². The second-order valence-electron chi connectivity index (χ2n) is 13.6. The number of carboxylic acids is 1. The van der Waals surface area contributed by atoms with Crippen LogP contribution in [0.5, 0.6) is 0 Å². The SMILES string of the molecule is CCC(C(=O)O)N1CCN(c2cnc(-c3nc4nc(-c5ccc(F)c(C(F)(F)F)c5)cc(N(C)CC5(COC)CCCC5)c4[nH]3)cn2)[C@H](C)C1. The number of piperazine rings is 1. The maximum Gasteiger partial charge on any atom is 0.419 e. The standard InChI is InChI=1S/C35H42F4N8O3/c1-5-27(33(48)49)46-12-13-47(21(2)18-46)29-17-40-26(16-41-29)31-43-30-28(45(3)19-34(20-50-4)10-6-7-11-34)15-25(42-32(30)44-31)22-8-9-24(36)23(14-22)35(37,38)39/h8-9,14-17,21,27H,5-7,10-13,18-20H2,1-4H3,(H,48,49)(H,42,43,44)/t21-,27?/m1/s1. The first-order valence-corrected chi connectivity index (χ1v) is 16.9.